The minimum absolute atomic E-state index is 0.163. The van der Waals surface area contributed by atoms with E-state index in [1.807, 2.05) is 0 Å². The zero-order chi connectivity index (χ0) is 14.8. The lowest BCUT2D eigenvalue weighted by molar-refractivity contribution is -0.255. The van der Waals surface area contributed by atoms with Crippen LogP contribution in [0.15, 0.2) is 12.2 Å². The van der Waals surface area contributed by atoms with Gasteiger partial charge in [-0.3, -0.25) is 4.79 Å². The summed E-state index contributed by atoms with van der Waals surface area (Å²) in [6.45, 7) is 0. The van der Waals surface area contributed by atoms with Crippen molar-refractivity contribution >= 4 is 23.9 Å². The number of aliphatic carboxylic acids is 1. The first-order valence-electron chi connectivity index (χ1n) is 5.02. The summed E-state index contributed by atoms with van der Waals surface area (Å²) in [7, 11) is 1.11. The van der Waals surface area contributed by atoms with Crippen LogP contribution in [-0.2, 0) is 33.7 Å². The molecule has 0 aromatic carbocycles. The fourth-order valence-corrected chi connectivity index (χ4v) is 0.758. The molecule has 0 aliphatic heterocycles. The highest BCUT2D eigenvalue weighted by Crippen LogP contribution is 1.98. The topological polar surface area (TPSA) is 142 Å². The second kappa shape index (κ2) is 8.64. The highest BCUT2D eigenvalue weighted by molar-refractivity contribution is 5.91. The van der Waals surface area contributed by atoms with Crippen LogP contribution in [0.2, 0.25) is 0 Å². The lowest BCUT2D eigenvalue weighted by Crippen LogP contribution is -2.30. The average molecular weight is 275 g/mol. The van der Waals surface area contributed by atoms with Crippen molar-refractivity contribution in [1.82, 2.24) is 0 Å². The van der Waals surface area contributed by atoms with E-state index in [2.05, 4.69) is 14.5 Å². The molecular formula is C10H13NO8. The van der Waals surface area contributed by atoms with Crippen LogP contribution in [0.3, 0.4) is 0 Å². The monoisotopic (exact) mass is 275 g/mol. The van der Waals surface area contributed by atoms with Gasteiger partial charge in [-0.25, -0.2) is 24.2 Å². The molecule has 19 heavy (non-hydrogen) atoms. The summed E-state index contributed by atoms with van der Waals surface area (Å²) in [6, 6.07) is -1.21. The molecule has 106 valence electrons. The molecule has 0 amide bonds. The first kappa shape index (κ1) is 16.6. The minimum atomic E-state index is -1.26. The number of hydrogen-bond acceptors (Lipinski definition) is 8. The molecule has 0 aromatic heterocycles. The standard InChI is InChI=1S/C10H13NO8/c1-17-7(12)4-5-9(14)19-18-8(13)3-2-6(11)10(15)16/h4-6H,2-3,11H2,1H3,(H,15,16)/b5-4+. The molecule has 9 nitrogen and oxygen atoms in total. The fraction of sp³-hybridized carbons (Fsp3) is 0.400. The number of carboxylic acids is 1. The zero-order valence-electron chi connectivity index (χ0n) is 10.0. The van der Waals surface area contributed by atoms with E-state index in [9.17, 15) is 19.2 Å². The Kier molecular flexibility index (Phi) is 7.54. The van der Waals surface area contributed by atoms with Crippen LogP contribution in [-0.4, -0.2) is 42.1 Å². The van der Waals surface area contributed by atoms with Crippen molar-refractivity contribution in [3.05, 3.63) is 12.2 Å². The van der Waals surface area contributed by atoms with Crippen molar-refractivity contribution in [2.45, 2.75) is 18.9 Å². The third-order valence-corrected chi connectivity index (χ3v) is 1.75. The smallest absolute Gasteiger partial charge is 0.379 e. The van der Waals surface area contributed by atoms with E-state index in [1.165, 1.54) is 0 Å². The Labute approximate surface area is 107 Å². The summed E-state index contributed by atoms with van der Waals surface area (Å²) in [5.74, 6) is -4.10. The molecule has 0 aromatic rings. The molecule has 0 saturated heterocycles. The van der Waals surface area contributed by atoms with Gasteiger partial charge in [0, 0.05) is 12.2 Å². The first-order chi connectivity index (χ1) is 8.86. The number of methoxy groups -OCH3 is 1. The third kappa shape index (κ3) is 8.32. The van der Waals surface area contributed by atoms with Crippen molar-refractivity contribution in [3.63, 3.8) is 0 Å². The lowest BCUT2D eigenvalue weighted by Gasteiger charge is -2.04. The molecule has 0 radical (unpaired) electrons. The van der Waals surface area contributed by atoms with Crippen LogP contribution >= 0.6 is 0 Å². The zero-order valence-corrected chi connectivity index (χ0v) is 10.0. The number of ether oxygens (including phenoxy) is 1. The molecule has 0 spiro atoms. The van der Waals surface area contributed by atoms with Gasteiger partial charge >= 0.3 is 23.9 Å². The molecular weight excluding hydrogens is 262 g/mol. The van der Waals surface area contributed by atoms with Crippen LogP contribution in [0, 0.1) is 0 Å². The maximum absolute atomic E-state index is 11.0. The van der Waals surface area contributed by atoms with E-state index in [0.29, 0.717) is 6.08 Å². The highest BCUT2D eigenvalue weighted by atomic mass is 17.2. The predicted molar refractivity (Wildman–Crippen MR) is 58.2 cm³/mol. The van der Waals surface area contributed by atoms with E-state index in [4.69, 9.17) is 10.8 Å². The molecule has 0 heterocycles. The second-order valence-electron chi connectivity index (χ2n) is 3.20. The summed E-state index contributed by atoms with van der Waals surface area (Å²) in [5.41, 5.74) is 5.14. The Morgan fingerprint density at radius 3 is 2.26 bits per heavy atom. The second-order valence-corrected chi connectivity index (χ2v) is 3.20. The van der Waals surface area contributed by atoms with Gasteiger partial charge < -0.3 is 15.6 Å². The summed E-state index contributed by atoms with van der Waals surface area (Å²) in [5, 5.41) is 8.44. The van der Waals surface area contributed by atoms with Crippen LogP contribution < -0.4 is 5.73 Å². The van der Waals surface area contributed by atoms with Crippen molar-refractivity contribution in [2.75, 3.05) is 7.11 Å². The SMILES string of the molecule is COC(=O)/C=C/C(=O)OOC(=O)CCC(N)C(=O)O. The Morgan fingerprint density at radius 2 is 1.74 bits per heavy atom. The van der Waals surface area contributed by atoms with E-state index in [0.717, 1.165) is 13.2 Å². The molecule has 3 N–H and O–H groups in total. The van der Waals surface area contributed by atoms with Gasteiger partial charge in [-0.2, -0.15) is 0 Å². The van der Waals surface area contributed by atoms with E-state index in [-0.39, 0.29) is 12.8 Å². The number of carbonyl (C=O) groups excluding carboxylic acids is 3. The first-order valence-corrected chi connectivity index (χ1v) is 5.02. The lowest BCUT2D eigenvalue weighted by atomic mass is 10.2. The van der Waals surface area contributed by atoms with Gasteiger partial charge in [0.05, 0.1) is 13.5 Å². The Morgan fingerprint density at radius 1 is 1.16 bits per heavy atom. The van der Waals surface area contributed by atoms with Crippen LogP contribution in [0.4, 0.5) is 0 Å². The number of nitrogens with two attached hydrogens (primary N) is 1. The van der Waals surface area contributed by atoms with Crippen LogP contribution in [0.25, 0.3) is 0 Å². The van der Waals surface area contributed by atoms with Crippen molar-refractivity contribution in [1.29, 1.82) is 0 Å². The van der Waals surface area contributed by atoms with Gasteiger partial charge in [0.25, 0.3) is 0 Å². The van der Waals surface area contributed by atoms with Crippen LogP contribution in [0.1, 0.15) is 12.8 Å². The summed E-state index contributed by atoms with van der Waals surface area (Å²) in [6.07, 6.45) is 0.976. The van der Waals surface area contributed by atoms with Gasteiger partial charge in [-0.05, 0) is 6.42 Å². The summed E-state index contributed by atoms with van der Waals surface area (Å²) < 4.78 is 4.20. The van der Waals surface area contributed by atoms with Crippen LogP contribution in [0.5, 0.6) is 0 Å². The molecule has 1 unspecified atom stereocenters. The van der Waals surface area contributed by atoms with Gasteiger partial charge in [0.15, 0.2) is 0 Å². The third-order valence-electron chi connectivity index (χ3n) is 1.75. The van der Waals surface area contributed by atoms with Crippen molar-refractivity contribution in [3.8, 4) is 0 Å². The fourth-order valence-electron chi connectivity index (χ4n) is 0.758. The number of esters is 1. The normalized spacial score (nSPS) is 11.7. The average Bonchev–Trinajstić information content (AvgIpc) is 2.39. The predicted octanol–water partition coefficient (Wildman–Crippen LogP) is -1.09. The molecule has 0 saturated carbocycles. The van der Waals surface area contributed by atoms with Gasteiger partial charge in [-0.1, -0.05) is 0 Å². The maximum atomic E-state index is 11.0. The minimum Gasteiger partial charge on any atom is -0.480 e. The molecule has 0 bridgehead atoms. The number of carbonyl (C=O) groups is 4. The molecule has 9 heteroatoms. The quantitative estimate of drug-likeness (QED) is 0.267. The largest absolute Gasteiger partial charge is 0.480 e. The van der Waals surface area contributed by atoms with Gasteiger partial charge in [-0.15, -0.1) is 0 Å². The highest BCUT2D eigenvalue weighted by Gasteiger charge is 2.15. The number of carboxylic acid groups (broad SMARTS) is 1. The molecule has 0 fully saturated rings. The summed E-state index contributed by atoms with van der Waals surface area (Å²) in [4.78, 5) is 50.9. The van der Waals surface area contributed by atoms with E-state index < -0.39 is 29.9 Å². The van der Waals surface area contributed by atoms with Crippen molar-refractivity contribution < 1.29 is 38.8 Å². The Hall–Kier alpha value is -2.42. The number of rotatable bonds is 6. The Balaban J connectivity index is 3.91. The molecule has 1 atom stereocenters. The molecule has 0 aliphatic carbocycles. The van der Waals surface area contributed by atoms with Gasteiger partial charge in [0.2, 0.25) is 0 Å². The molecule has 0 aliphatic rings. The Bertz CT molecular complexity index is 389. The number of hydrogen-bond donors (Lipinski definition) is 2. The van der Waals surface area contributed by atoms with E-state index >= 15 is 0 Å². The van der Waals surface area contributed by atoms with Crippen molar-refractivity contribution in [2.24, 2.45) is 5.73 Å². The van der Waals surface area contributed by atoms with Gasteiger partial charge in [0.1, 0.15) is 6.04 Å². The summed E-state index contributed by atoms with van der Waals surface area (Å²) >= 11 is 0. The van der Waals surface area contributed by atoms with E-state index in [1.54, 1.807) is 0 Å². The maximum Gasteiger partial charge on any atom is 0.379 e. The molecule has 0 rings (SSSR count).